The molecule has 2 aromatic rings. The van der Waals surface area contributed by atoms with E-state index in [0.29, 0.717) is 34.0 Å². The average Bonchev–Trinajstić information content (AvgIpc) is 2.82. The van der Waals surface area contributed by atoms with Crippen molar-refractivity contribution in [1.29, 1.82) is 0 Å². The van der Waals surface area contributed by atoms with Crippen LogP contribution in [0.4, 0.5) is 5.69 Å². The maximum absolute atomic E-state index is 11.6. The highest BCUT2D eigenvalue weighted by molar-refractivity contribution is 6.42. The van der Waals surface area contributed by atoms with Crippen LogP contribution in [0.3, 0.4) is 0 Å². The molecule has 0 aromatic heterocycles. The fourth-order valence-electron chi connectivity index (χ4n) is 3.28. The number of primary amides is 1. The number of methoxy groups -OCH3 is 1. The molecular formula is C25H30ClN5O3. The zero-order valence-electron chi connectivity index (χ0n) is 19.9. The van der Waals surface area contributed by atoms with Crippen molar-refractivity contribution < 1.29 is 14.3 Å². The first-order valence-electron chi connectivity index (χ1n) is 10.5. The molecule has 180 valence electrons. The highest BCUT2D eigenvalue weighted by atomic mass is 35.5. The first kappa shape index (κ1) is 26.5. The Kier molecular flexibility index (Phi) is 9.70. The number of nitrogens with zero attached hydrogens (tertiary/aromatic N) is 2. The average molecular weight is 484 g/mol. The minimum absolute atomic E-state index is 0.0953. The molecule has 8 nitrogen and oxygen atoms in total. The van der Waals surface area contributed by atoms with E-state index in [9.17, 15) is 4.79 Å². The summed E-state index contributed by atoms with van der Waals surface area (Å²) in [5.74, 6) is 0.615. The van der Waals surface area contributed by atoms with Crippen LogP contribution >= 0.6 is 11.6 Å². The van der Waals surface area contributed by atoms with Gasteiger partial charge < -0.3 is 25.8 Å². The third-order valence-corrected chi connectivity index (χ3v) is 5.28. The molecule has 34 heavy (non-hydrogen) atoms. The SMILES string of the molecule is C=N/C=C(/Cl)C(=NCNc1cc(C)c(C(N)=O)cc1OC)Oc1cccc(CC)c1C(=C)NC. The van der Waals surface area contributed by atoms with Gasteiger partial charge in [0.05, 0.1) is 19.0 Å². The third-order valence-electron chi connectivity index (χ3n) is 5.02. The van der Waals surface area contributed by atoms with E-state index in [1.165, 1.54) is 13.3 Å². The van der Waals surface area contributed by atoms with Gasteiger partial charge in [-0.05, 0) is 49.4 Å². The van der Waals surface area contributed by atoms with E-state index in [-0.39, 0.29) is 17.6 Å². The molecule has 2 aromatic carbocycles. The summed E-state index contributed by atoms with van der Waals surface area (Å²) in [6.45, 7) is 11.5. The Balaban J connectivity index is 2.40. The van der Waals surface area contributed by atoms with Crippen LogP contribution in [0.25, 0.3) is 5.70 Å². The molecule has 0 aliphatic rings. The summed E-state index contributed by atoms with van der Waals surface area (Å²) in [4.78, 5) is 19.8. The van der Waals surface area contributed by atoms with Crippen LogP contribution in [0.2, 0.25) is 0 Å². The highest BCUT2D eigenvalue weighted by Gasteiger charge is 2.16. The van der Waals surface area contributed by atoms with Crippen LogP contribution in [-0.4, -0.2) is 39.3 Å². The molecule has 4 N–H and O–H groups in total. The normalized spacial score (nSPS) is 11.6. The van der Waals surface area contributed by atoms with Gasteiger partial charge in [-0.2, -0.15) is 0 Å². The number of nitrogens with two attached hydrogens (primary N) is 1. The van der Waals surface area contributed by atoms with Gasteiger partial charge in [-0.3, -0.25) is 9.79 Å². The quantitative estimate of drug-likeness (QED) is 0.322. The number of ether oxygens (including phenoxy) is 2. The standard InChI is InChI=1S/C25H30ClN5O3/c1-7-17-9-8-10-21(23(17)16(3)29-5)34-25(19(26)13-28-4)31-14-30-20-11-15(2)18(24(27)32)12-22(20)33-6/h8-13,29-30H,3-4,7,14H2,1-2,5-6H3,(H2,27,32)/b19-13+,31-25?. The minimum atomic E-state index is -0.529. The molecule has 0 saturated heterocycles. The number of nitrogens with one attached hydrogen (secondary N) is 2. The molecule has 0 unspecified atom stereocenters. The van der Waals surface area contributed by atoms with Crippen LogP contribution in [0.1, 0.15) is 34.0 Å². The molecule has 0 atom stereocenters. The van der Waals surface area contributed by atoms with Gasteiger partial charge in [0, 0.05) is 23.9 Å². The molecule has 0 fully saturated rings. The lowest BCUT2D eigenvalue weighted by atomic mass is 10.0. The van der Waals surface area contributed by atoms with Gasteiger partial charge >= 0.3 is 0 Å². The lowest BCUT2D eigenvalue weighted by molar-refractivity contribution is 0.0999. The number of benzene rings is 2. The number of hydrogen-bond donors (Lipinski definition) is 3. The lowest BCUT2D eigenvalue weighted by Crippen LogP contribution is -2.16. The molecular weight excluding hydrogens is 454 g/mol. The molecule has 9 heteroatoms. The zero-order valence-corrected chi connectivity index (χ0v) is 20.6. The van der Waals surface area contributed by atoms with E-state index in [2.05, 4.69) is 40.8 Å². The van der Waals surface area contributed by atoms with Gasteiger partial charge in [0.1, 0.15) is 23.2 Å². The van der Waals surface area contributed by atoms with Crippen LogP contribution in [0, 0.1) is 6.92 Å². The number of aliphatic imine (C=N–C) groups is 2. The maximum atomic E-state index is 11.6. The monoisotopic (exact) mass is 483 g/mol. The summed E-state index contributed by atoms with van der Waals surface area (Å²) in [7, 11) is 3.30. The van der Waals surface area contributed by atoms with Gasteiger partial charge in [-0.15, -0.1) is 0 Å². The molecule has 0 bridgehead atoms. The summed E-state index contributed by atoms with van der Waals surface area (Å²) in [6, 6.07) is 9.07. The van der Waals surface area contributed by atoms with Gasteiger partial charge in [0.2, 0.25) is 11.8 Å². The Morgan fingerprint density at radius 3 is 2.62 bits per heavy atom. The number of anilines is 1. The van der Waals surface area contributed by atoms with Crippen LogP contribution in [-0.2, 0) is 6.42 Å². The topological polar surface area (TPSA) is 110 Å². The second-order valence-electron chi connectivity index (χ2n) is 7.16. The Bertz CT molecular complexity index is 1140. The number of amides is 1. The third kappa shape index (κ3) is 6.39. The van der Waals surface area contributed by atoms with Crippen molar-refractivity contribution in [2.75, 3.05) is 26.1 Å². The van der Waals surface area contributed by atoms with E-state index in [0.717, 1.165) is 17.5 Å². The van der Waals surface area contributed by atoms with Crippen LogP contribution in [0.5, 0.6) is 11.5 Å². The van der Waals surface area contributed by atoms with E-state index in [4.69, 9.17) is 26.8 Å². The molecule has 0 aliphatic heterocycles. The number of halogens is 1. The van der Waals surface area contributed by atoms with Crippen LogP contribution < -0.4 is 25.8 Å². The van der Waals surface area contributed by atoms with Gasteiger partial charge in [0.15, 0.2) is 0 Å². The number of hydrogen-bond acceptors (Lipinski definition) is 7. The Hall–Kier alpha value is -3.78. The molecule has 0 spiro atoms. The maximum Gasteiger partial charge on any atom is 0.249 e. The predicted octanol–water partition coefficient (Wildman–Crippen LogP) is 4.48. The van der Waals surface area contributed by atoms with Crippen molar-refractivity contribution in [2.45, 2.75) is 20.3 Å². The van der Waals surface area contributed by atoms with E-state index >= 15 is 0 Å². The second kappa shape index (κ2) is 12.5. The van der Waals surface area contributed by atoms with Gasteiger partial charge in [0.25, 0.3) is 0 Å². The molecule has 0 radical (unpaired) electrons. The van der Waals surface area contributed by atoms with Crippen molar-refractivity contribution in [3.63, 3.8) is 0 Å². The first-order chi connectivity index (χ1) is 16.3. The summed E-state index contributed by atoms with van der Waals surface area (Å²) in [5, 5.41) is 6.39. The summed E-state index contributed by atoms with van der Waals surface area (Å²) >= 11 is 6.39. The highest BCUT2D eigenvalue weighted by Crippen LogP contribution is 2.30. The Morgan fingerprint density at radius 1 is 1.29 bits per heavy atom. The van der Waals surface area contributed by atoms with Crippen molar-refractivity contribution in [3.8, 4) is 11.5 Å². The first-order valence-corrected chi connectivity index (χ1v) is 10.9. The number of carbonyl (C=O) groups is 1. The Morgan fingerprint density at radius 2 is 2.03 bits per heavy atom. The Labute approximate surface area is 205 Å². The largest absolute Gasteiger partial charge is 0.495 e. The molecule has 2 rings (SSSR count). The van der Waals surface area contributed by atoms with E-state index in [1.807, 2.05) is 18.2 Å². The van der Waals surface area contributed by atoms with Crippen LogP contribution in [0.15, 0.2) is 58.1 Å². The molecule has 0 saturated carbocycles. The predicted molar refractivity (Wildman–Crippen MR) is 140 cm³/mol. The van der Waals surface area contributed by atoms with Crippen molar-refractivity contribution in [3.05, 3.63) is 70.4 Å². The second-order valence-corrected chi connectivity index (χ2v) is 7.57. The fourth-order valence-corrected chi connectivity index (χ4v) is 3.44. The number of rotatable bonds is 11. The van der Waals surface area contributed by atoms with Crippen molar-refractivity contribution in [1.82, 2.24) is 5.32 Å². The van der Waals surface area contributed by atoms with Crippen molar-refractivity contribution in [2.24, 2.45) is 15.7 Å². The smallest absolute Gasteiger partial charge is 0.249 e. The zero-order chi connectivity index (χ0) is 25.3. The summed E-state index contributed by atoms with van der Waals surface area (Å²) < 4.78 is 11.5. The van der Waals surface area contributed by atoms with Gasteiger partial charge in [-0.25, -0.2) is 4.99 Å². The van der Waals surface area contributed by atoms with Gasteiger partial charge in [-0.1, -0.05) is 37.2 Å². The van der Waals surface area contributed by atoms with E-state index < -0.39 is 5.91 Å². The summed E-state index contributed by atoms with van der Waals surface area (Å²) in [6.07, 6.45) is 2.14. The number of aryl methyl sites for hydroxylation is 2. The lowest BCUT2D eigenvalue weighted by Gasteiger charge is -2.17. The fraction of sp³-hybridized carbons (Fsp3) is 0.240. The molecule has 1 amide bonds. The summed E-state index contributed by atoms with van der Waals surface area (Å²) in [5.41, 5.74) is 9.75. The molecule has 0 aliphatic carbocycles. The number of carbonyl (C=O) groups excluding carboxylic acids is 1. The molecule has 0 heterocycles. The van der Waals surface area contributed by atoms with E-state index in [1.54, 1.807) is 26.1 Å². The minimum Gasteiger partial charge on any atom is -0.495 e. The van der Waals surface area contributed by atoms with Crippen molar-refractivity contribution >= 4 is 41.5 Å².